The summed E-state index contributed by atoms with van der Waals surface area (Å²) in [4.78, 5) is 30.2. The molecule has 8 heteroatoms. The van der Waals surface area contributed by atoms with Gasteiger partial charge < -0.3 is 15.2 Å². The summed E-state index contributed by atoms with van der Waals surface area (Å²) < 4.78 is 13.4. The Morgan fingerprint density at radius 1 is 1.37 bits per heavy atom. The molecule has 2 aromatic heterocycles. The van der Waals surface area contributed by atoms with Crippen molar-refractivity contribution in [2.45, 2.75) is 25.5 Å². The van der Waals surface area contributed by atoms with Crippen molar-refractivity contribution < 1.29 is 9.47 Å². The average molecular weight is 370 g/mol. The van der Waals surface area contributed by atoms with Crippen LogP contribution < -0.4 is 17.0 Å². The fraction of sp³-hybridized carbons (Fsp3) is 0.316. The number of rotatable bonds is 6. The monoisotopic (exact) mass is 370 g/mol. The number of nitrogens with zero attached hydrogens (tertiary/aromatic N) is 3. The third-order valence-corrected chi connectivity index (χ3v) is 4.46. The van der Waals surface area contributed by atoms with E-state index in [2.05, 4.69) is 11.6 Å². The van der Waals surface area contributed by atoms with Gasteiger partial charge in [0.1, 0.15) is 11.6 Å². The minimum absolute atomic E-state index is 0.221. The summed E-state index contributed by atoms with van der Waals surface area (Å²) in [6, 6.07) is 3.13. The third kappa shape index (κ3) is 3.43. The number of hydrogen-bond donors (Lipinski definition) is 1. The Balaban J connectivity index is 2.34. The number of hydrogen-bond acceptors (Lipinski definition) is 6. The van der Waals surface area contributed by atoms with E-state index in [1.54, 1.807) is 38.5 Å². The van der Waals surface area contributed by atoms with E-state index >= 15 is 0 Å². The van der Waals surface area contributed by atoms with Crippen molar-refractivity contribution in [1.29, 1.82) is 0 Å². The van der Waals surface area contributed by atoms with Crippen molar-refractivity contribution in [2.24, 2.45) is 0 Å². The smallest absolute Gasteiger partial charge is 0.337 e. The Morgan fingerprint density at radius 2 is 2.15 bits per heavy atom. The van der Waals surface area contributed by atoms with Crippen LogP contribution in [0.1, 0.15) is 12.8 Å². The normalized spacial score (nSPS) is 16.7. The molecule has 1 atom stereocenters. The number of anilines is 1. The highest BCUT2D eigenvalue weighted by Gasteiger charge is 2.22. The summed E-state index contributed by atoms with van der Waals surface area (Å²) in [5, 5.41) is 0.316. The summed E-state index contributed by atoms with van der Waals surface area (Å²) >= 11 is 0. The summed E-state index contributed by atoms with van der Waals surface area (Å²) in [5.74, 6) is 0.789. The Labute approximate surface area is 155 Å². The van der Waals surface area contributed by atoms with E-state index in [1.807, 2.05) is 6.08 Å². The molecule has 1 aliphatic rings. The molecule has 142 valence electrons. The molecule has 1 unspecified atom stereocenters. The molecule has 0 radical (unpaired) electrons. The first-order valence-electron chi connectivity index (χ1n) is 8.52. The van der Waals surface area contributed by atoms with Crippen molar-refractivity contribution in [2.75, 3.05) is 20.0 Å². The van der Waals surface area contributed by atoms with E-state index in [1.165, 1.54) is 9.13 Å². The molecule has 0 aromatic carbocycles. The largest absolute Gasteiger partial charge is 0.497 e. The van der Waals surface area contributed by atoms with Gasteiger partial charge in [0.05, 0.1) is 18.6 Å². The van der Waals surface area contributed by atoms with Gasteiger partial charge in [-0.05, 0) is 24.6 Å². The number of pyridine rings is 1. The first-order valence-corrected chi connectivity index (χ1v) is 8.52. The standard InChI is InChI=1S/C19H22N4O4/c1-4-5-8-22-18(24)15-6-7-16(20)21-17(15)23(19(22)25)12-9-13(26-2)11-14(10-12)27-3/h4,6-7,9,11,14H,1,5,8,10H2,2-3H3,(H2,20,21). The lowest BCUT2D eigenvalue weighted by molar-refractivity contribution is 0.137. The van der Waals surface area contributed by atoms with E-state index < -0.39 is 11.2 Å². The summed E-state index contributed by atoms with van der Waals surface area (Å²) in [5.41, 5.74) is 5.77. The predicted molar refractivity (Wildman–Crippen MR) is 104 cm³/mol. The second-order valence-corrected chi connectivity index (χ2v) is 6.15. The highest BCUT2D eigenvalue weighted by atomic mass is 16.5. The molecule has 0 bridgehead atoms. The van der Waals surface area contributed by atoms with Crippen molar-refractivity contribution in [3.8, 4) is 0 Å². The van der Waals surface area contributed by atoms with Gasteiger partial charge in [0.2, 0.25) is 0 Å². The van der Waals surface area contributed by atoms with Crippen molar-refractivity contribution in [3.05, 3.63) is 63.5 Å². The fourth-order valence-electron chi connectivity index (χ4n) is 3.07. The average Bonchev–Trinajstić information content (AvgIpc) is 2.67. The molecule has 0 aliphatic heterocycles. The molecular formula is C19H22N4O4. The highest BCUT2D eigenvalue weighted by molar-refractivity contribution is 5.79. The minimum Gasteiger partial charge on any atom is -0.497 e. The molecule has 8 nitrogen and oxygen atoms in total. The maximum absolute atomic E-state index is 13.2. The molecule has 1 aliphatic carbocycles. The van der Waals surface area contributed by atoms with Crippen LogP contribution in [0.2, 0.25) is 0 Å². The van der Waals surface area contributed by atoms with E-state index in [4.69, 9.17) is 15.2 Å². The quantitative estimate of drug-likeness (QED) is 0.774. The van der Waals surface area contributed by atoms with Crippen LogP contribution in [0.3, 0.4) is 0 Å². The van der Waals surface area contributed by atoms with Crippen molar-refractivity contribution in [3.63, 3.8) is 0 Å². The Hall–Kier alpha value is -3.13. The van der Waals surface area contributed by atoms with Crippen LogP contribution in [0.15, 0.2) is 52.3 Å². The molecule has 27 heavy (non-hydrogen) atoms. The zero-order valence-corrected chi connectivity index (χ0v) is 15.3. The maximum atomic E-state index is 13.2. The van der Waals surface area contributed by atoms with Gasteiger partial charge in [-0.1, -0.05) is 6.08 Å². The summed E-state index contributed by atoms with van der Waals surface area (Å²) in [7, 11) is 3.12. The molecule has 0 fully saturated rings. The molecule has 2 aromatic rings. The Bertz CT molecular complexity index is 1060. The van der Waals surface area contributed by atoms with Crippen LogP contribution in [-0.4, -0.2) is 34.4 Å². The summed E-state index contributed by atoms with van der Waals surface area (Å²) in [6.45, 7) is 3.89. The molecule has 2 heterocycles. The highest BCUT2D eigenvalue weighted by Crippen LogP contribution is 2.25. The molecule has 0 spiro atoms. The number of aromatic nitrogens is 3. The fourth-order valence-corrected chi connectivity index (χ4v) is 3.07. The lowest BCUT2D eigenvalue weighted by atomic mass is 10.1. The van der Waals surface area contributed by atoms with Gasteiger partial charge in [-0.25, -0.2) is 14.3 Å². The van der Waals surface area contributed by atoms with Gasteiger partial charge in [0.15, 0.2) is 5.65 Å². The second kappa shape index (κ2) is 7.63. The van der Waals surface area contributed by atoms with E-state index in [0.29, 0.717) is 29.7 Å². The molecular weight excluding hydrogens is 348 g/mol. The van der Waals surface area contributed by atoms with Gasteiger partial charge in [-0.15, -0.1) is 6.58 Å². The van der Waals surface area contributed by atoms with Gasteiger partial charge in [0.25, 0.3) is 5.56 Å². The Morgan fingerprint density at radius 3 is 2.81 bits per heavy atom. The SMILES string of the molecule is C=CCCn1c(=O)c2ccc(N)nc2n(C2=CC(OC)=CC(OC)C2)c1=O. The molecule has 2 N–H and O–H groups in total. The van der Waals surface area contributed by atoms with E-state index in [9.17, 15) is 9.59 Å². The van der Waals surface area contributed by atoms with Gasteiger partial charge in [0, 0.05) is 31.8 Å². The second-order valence-electron chi connectivity index (χ2n) is 6.15. The number of allylic oxidation sites excluding steroid dienone is 2. The third-order valence-electron chi connectivity index (χ3n) is 4.46. The Kier molecular flexibility index (Phi) is 5.27. The van der Waals surface area contributed by atoms with Crippen LogP contribution in [0.5, 0.6) is 0 Å². The van der Waals surface area contributed by atoms with Gasteiger partial charge in [-0.2, -0.15) is 0 Å². The topological polar surface area (TPSA) is 101 Å². The molecule has 0 saturated carbocycles. The van der Waals surface area contributed by atoms with Crippen LogP contribution in [0.4, 0.5) is 5.82 Å². The van der Waals surface area contributed by atoms with Crippen LogP contribution in [0, 0.1) is 0 Å². The van der Waals surface area contributed by atoms with Crippen molar-refractivity contribution in [1.82, 2.24) is 14.1 Å². The first-order chi connectivity index (χ1) is 13.0. The van der Waals surface area contributed by atoms with Gasteiger partial charge in [-0.3, -0.25) is 9.36 Å². The number of ether oxygens (including phenoxy) is 2. The lowest BCUT2D eigenvalue weighted by Crippen LogP contribution is -2.40. The lowest BCUT2D eigenvalue weighted by Gasteiger charge is -2.22. The van der Waals surface area contributed by atoms with Gasteiger partial charge >= 0.3 is 5.69 Å². The zero-order chi connectivity index (χ0) is 19.6. The molecule has 3 rings (SSSR count). The molecule has 0 saturated heterocycles. The van der Waals surface area contributed by atoms with Crippen LogP contribution in [-0.2, 0) is 16.0 Å². The number of fused-ring (bicyclic) bond motifs is 1. The predicted octanol–water partition coefficient (Wildman–Crippen LogP) is 1.51. The number of nitrogen functional groups attached to an aromatic ring is 1. The van der Waals surface area contributed by atoms with Crippen LogP contribution >= 0.6 is 0 Å². The molecule has 0 amide bonds. The summed E-state index contributed by atoms with van der Waals surface area (Å²) in [6.07, 6.45) is 5.88. The van der Waals surface area contributed by atoms with E-state index in [-0.39, 0.29) is 24.1 Å². The number of methoxy groups -OCH3 is 2. The van der Waals surface area contributed by atoms with E-state index in [0.717, 1.165) is 0 Å². The van der Waals surface area contributed by atoms with Crippen molar-refractivity contribution >= 4 is 22.5 Å². The maximum Gasteiger partial charge on any atom is 0.337 e. The minimum atomic E-state index is -0.481. The van der Waals surface area contributed by atoms with Crippen LogP contribution in [0.25, 0.3) is 16.7 Å². The number of nitrogens with two attached hydrogens (primary N) is 1. The first kappa shape index (κ1) is 18.7. The zero-order valence-electron chi connectivity index (χ0n) is 15.3.